The molecule has 388 valence electrons. The molecule has 0 saturated heterocycles. The van der Waals surface area contributed by atoms with E-state index in [9.17, 15) is 29.1 Å². The minimum atomic E-state index is -1.41. The Hall–Kier alpha value is -8.91. The summed E-state index contributed by atoms with van der Waals surface area (Å²) in [6, 6.07) is 37.0. The summed E-state index contributed by atoms with van der Waals surface area (Å²) < 4.78 is 15.4. The number of aliphatic carboxylic acids is 2. The number of hydrogen-bond acceptors (Lipinski definition) is 15. The van der Waals surface area contributed by atoms with Crippen molar-refractivity contribution in [1.82, 2.24) is 0 Å². The Morgan fingerprint density at radius 3 is 1.24 bits per heavy atom. The van der Waals surface area contributed by atoms with Gasteiger partial charge in [-0.25, -0.2) is 24.0 Å². The average Bonchev–Trinajstić information content (AvgIpc) is 4.10. The number of nitriles is 4. The number of nitrogens with one attached hydrogen (secondary N) is 1. The number of amides is 1. The smallest absolute Gasteiger partial charge is 0.412 e. The zero-order chi connectivity index (χ0) is 54.9. The van der Waals surface area contributed by atoms with Crippen LogP contribution in [-0.4, -0.2) is 93.1 Å². The molecule has 7 rings (SSSR count). The van der Waals surface area contributed by atoms with Crippen molar-refractivity contribution in [2.75, 3.05) is 18.5 Å². The number of hydrogen-bond donors (Lipinski definition) is 6. The number of nitrogens with zero attached hydrogens (tertiary/aromatic N) is 4. The first-order chi connectivity index (χ1) is 36.0. The lowest BCUT2D eigenvalue weighted by Gasteiger charge is -2.19. The number of aryl methyl sites for hydroxylation is 2. The molecule has 18 heteroatoms. The topological polar surface area (TPSA) is 321 Å². The van der Waals surface area contributed by atoms with E-state index in [2.05, 4.69) is 22.2 Å². The lowest BCUT2D eigenvalue weighted by atomic mass is 9.99. The summed E-state index contributed by atoms with van der Waals surface area (Å²) in [6.07, 6.45) is 0.743. The quantitative estimate of drug-likeness (QED) is 0.0461. The standard InChI is InChI=1S/C25H26N2O4.C12H13NO3.2C10H9NO3/c1-2-30-24(28)22(13-16-6-3-7-17(12-16)15-26)31-25(29)27-23-20-10-4-8-18(20)14-19-9-5-11-21(19)23;1-2-16-12(15)11(14)7-9-4-3-5-10(6-9)8-13;2*11-6-8-3-1-2-7(4-8)5-9(12)10(13)14/h3,6-7,12,14,22H,2,4-5,8-11,13H2,1H3,(H,27,29);3-6,11,14H,2,7H2,1H3;2*1-4,9,12H,5H2,(H,13,14)/t22-;11-;2*9-/m1110/s1. The van der Waals surface area contributed by atoms with Crippen molar-refractivity contribution in [3.63, 3.8) is 0 Å². The fraction of sp³-hybridized carbons (Fsp3) is 0.316. The number of aliphatic hydroxyl groups is 3. The second-order valence-corrected chi connectivity index (χ2v) is 17.0. The van der Waals surface area contributed by atoms with Crippen LogP contribution < -0.4 is 5.32 Å². The Morgan fingerprint density at radius 2 is 0.880 bits per heavy atom. The third-order valence-corrected chi connectivity index (χ3v) is 11.6. The molecule has 75 heavy (non-hydrogen) atoms. The van der Waals surface area contributed by atoms with Crippen molar-refractivity contribution in [3.8, 4) is 24.3 Å². The fourth-order valence-corrected chi connectivity index (χ4v) is 8.09. The molecular formula is C57H57N5O13. The van der Waals surface area contributed by atoms with Gasteiger partial charge in [0.05, 0.1) is 65.4 Å². The van der Waals surface area contributed by atoms with Crippen molar-refractivity contribution < 1.29 is 63.7 Å². The molecule has 2 aliphatic carbocycles. The van der Waals surface area contributed by atoms with E-state index in [1.807, 2.05) is 18.2 Å². The molecule has 0 radical (unpaired) electrons. The highest BCUT2D eigenvalue weighted by atomic mass is 16.6. The zero-order valence-corrected chi connectivity index (χ0v) is 41.4. The number of benzene rings is 5. The summed E-state index contributed by atoms with van der Waals surface area (Å²) in [5.41, 5.74) is 10.6. The minimum absolute atomic E-state index is 0.0187. The van der Waals surface area contributed by atoms with Gasteiger partial charge in [0, 0.05) is 25.7 Å². The predicted octanol–water partition coefficient (Wildman–Crippen LogP) is 6.38. The third kappa shape index (κ3) is 18.9. The van der Waals surface area contributed by atoms with Gasteiger partial charge in [-0.05, 0) is 145 Å². The minimum Gasteiger partial charge on any atom is -0.479 e. The molecule has 5 aromatic carbocycles. The van der Waals surface area contributed by atoms with Crippen LogP contribution >= 0.6 is 0 Å². The van der Waals surface area contributed by atoms with Gasteiger partial charge < -0.3 is 39.7 Å². The highest BCUT2D eigenvalue weighted by molar-refractivity contribution is 5.90. The molecule has 4 atom stereocenters. The van der Waals surface area contributed by atoms with Gasteiger partial charge in [-0.15, -0.1) is 0 Å². The molecule has 2 aliphatic rings. The van der Waals surface area contributed by atoms with Crippen molar-refractivity contribution >= 4 is 35.7 Å². The number of carbonyl (C=O) groups excluding carboxylic acids is 3. The molecule has 0 bridgehead atoms. The first kappa shape index (κ1) is 58.7. The molecule has 5 aromatic rings. The van der Waals surface area contributed by atoms with E-state index >= 15 is 0 Å². The SMILES string of the molecule is CCOC(=O)[C@@H](Cc1cccc(C#N)c1)OC(=O)Nc1c2c(cc3c1CCC3)CCC2.CCOC(=O)[C@H](O)Cc1cccc(C#N)c1.N#Cc1cccc(C[C@@H](O)C(=O)O)c1.N#Cc1cccc(C[C@H](O)C(=O)O)c1. The van der Waals surface area contributed by atoms with E-state index in [-0.39, 0.29) is 38.9 Å². The van der Waals surface area contributed by atoms with Crippen LogP contribution in [0.1, 0.15) is 93.5 Å². The van der Waals surface area contributed by atoms with Gasteiger partial charge in [-0.3, -0.25) is 5.32 Å². The predicted molar refractivity (Wildman–Crippen MR) is 270 cm³/mol. The Kier molecular flexibility index (Phi) is 23.6. The summed E-state index contributed by atoms with van der Waals surface area (Å²) in [4.78, 5) is 57.2. The van der Waals surface area contributed by atoms with Gasteiger partial charge in [0.25, 0.3) is 0 Å². The Morgan fingerprint density at radius 1 is 0.520 bits per heavy atom. The number of fused-ring (bicyclic) bond motifs is 2. The summed E-state index contributed by atoms with van der Waals surface area (Å²) in [6.45, 7) is 3.83. The molecule has 18 nitrogen and oxygen atoms in total. The summed E-state index contributed by atoms with van der Waals surface area (Å²) in [5.74, 6) is -3.74. The Labute approximate surface area is 434 Å². The molecular weight excluding hydrogens is 963 g/mol. The first-order valence-electron chi connectivity index (χ1n) is 24.0. The second kappa shape index (κ2) is 30.2. The number of carbonyl (C=O) groups is 5. The molecule has 0 spiro atoms. The number of esters is 2. The van der Waals surface area contributed by atoms with Crippen molar-refractivity contribution in [2.45, 2.75) is 102 Å². The van der Waals surface area contributed by atoms with E-state index in [4.69, 9.17) is 50.9 Å². The van der Waals surface area contributed by atoms with E-state index in [0.29, 0.717) is 33.4 Å². The first-order valence-corrected chi connectivity index (χ1v) is 24.0. The van der Waals surface area contributed by atoms with Gasteiger partial charge in [-0.2, -0.15) is 21.0 Å². The Bertz CT molecular complexity index is 2880. The second-order valence-electron chi connectivity index (χ2n) is 17.0. The van der Waals surface area contributed by atoms with Gasteiger partial charge >= 0.3 is 30.0 Å². The van der Waals surface area contributed by atoms with Crippen LogP contribution in [0.3, 0.4) is 0 Å². The molecule has 0 fully saturated rings. The van der Waals surface area contributed by atoms with Crippen LogP contribution in [-0.2, 0) is 84.8 Å². The van der Waals surface area contributed by atoms with Gasteiger partial charge in [-0.1, -0.05) is 54.6 Å². The van der Waals surface area contributed by atoms with Crippen molar-refractivity contribution in [3.05, 3.63) is 170 Å². The number of carboxylic acid groups (broad SMARTS) is 2. The lowest BCUT2D eigenvalue weighted by Crippen LogP contribution is -2.33. The highest BCUT2D eigenvalue weighted by Crippen LogP contribution is 2.38. The van der Waals surface area contributed by atoms with Crippen LogP contribution in [0, 0.1) is 45.3 Å². The molecule has 0 aliphatic heterocycles. The van der Waals surface area contributed by atoms with E-state index in [1.54, 1.807) is 111 Å². The molecule has 6 N–H and O–H groups in total. The maximum Gasteiger partial charge on any atom is 0.412 e. The van der Waals surface area contributed by atoms with Gasteiger partial charge in [0.1, 0.15) is 0 Å². The molecule has 0 heterocycles. The molecule has 0 aromatic heterocycles. The number of aliphatic hydroxyl groups excluding tert-OH is 3. The fourth-order valence-electron chi connectivity index (χ4n) is 8.09. The molecule has 0 saturated carbocycles. The largest absolute Gasteiger partial charge is 0.479 e. The Balaban J connectivity index is 0.000000234. The van der Waals surface area contributed by atoms with Crippen LogP contribution in [0.2, 0.25) is 0 Å². The maximum absolute atomic E-state index is 12.9. The normalized spacial score (nSPS) is 13.0. The van der Waals surface area contributed by atoms with E-state index in [0.717, 1.165) is 55.3 Å². The number of anilines is 1. The summed E-state index contributed by atoms with van der Waals surface area (Å²) >= 11 is 0. The number of ether oxygens (including phenoxy) is 3. The van der Waals surface area contributed by atoms with Crippen molar-refractivity contribution in [2.24, 2.45) is 0 Å². The maximum atomic E-state index is 12.9. The van der Waals surface area contributed by atoms with Gasteiger partial charge in [0.15, 0.2) is 18.3 Å². The van der Waals surface area contributed by atoms with Crippen LogP contribution in [0.5, 0.6) is 0 Å². The van der Waals surface area contributed by atoms with Crippen LogP contribution in [0.25, 0.3) is 0 Å². The van der Waals surface area contributed by atoms with Gasteiger partial charge in [0.2, 0.25) is 6.10 Å². The summed E-state index contributed by atoms with van der Waals surface area (Å²) in [5, 5.41) is 82.5. The van der Waals surface area contributed by atoms with E-state index < -0.39 is 54.4 Å². The number of carboxylic acids is 2. The van der Waals surface area contributed by atoms with Crippen LogP contribution in [0.4, 0.5) is 10.5 Å². The lowest BCUT2D eigenvalue weighted by molar-refractivity contribution is -0.153. The van der Waals surface area contributed by atoms with Crippen molar-refractivity contribution in [1.29, 1.82) is 21.0 Å². The van der Waals surface area contributed by atoms with Crippen LogP contribution in [0.15, 0.2) is 103 Å². The molecule has 0 unspecified atom stereocenters. The number of rotatable bonds is 16. The highest BCUT2D eigenvalue weighted by Gasteiger charge is 2.29. The zero-order valence-electron chi connectivity index (χ0n) is 41.4. The monoisotopic (exact) mass is 1020 g/mol. The molecule has 1 amide bonds. The third-order valence-electron chi connectivity index (χ3n) is 11.6. The average molecular weight is 1020 g/mol. The summed E-state index contributed by atoms with van der Waals surface area (Å²) in [7, 11) is 0. The van der Waals surface area contributed by atoms with E-state index in [1.165, 1.54) is 22.3 Å².